The molecule has 0 unspecified atom stereocenters. The number of nitrogens with zero attached hydrogens (tertiary/aromatic N) is 1. The fourth-order valence-corrected chi connectivity index (χ4v) is 3.68. The van der Waals surface area contributed by atoms with Crippen LogP contribution in [0.1, 0.15) is 44.6 Å². The SMILES string of the molecule is CC=C[C@H]1CC[C@H](CCc2ccc(-c3ccc(F)cc3)nc2)CC1. The van der Waals surface area contributed by atoms with E-state index >= 15 is 0 Å². The molecule has 2 aromatic rings. The van der Waals surface area contributed by atoms with Crippen molar-refractivity contribution in [3.05, 3.63) is 66.1 Å². The largest absolute Gasteiger partial charge is 0.256 e. The number of allylic oxidation sites excluding steroid dienone is 2. The second-order valence-electron chi connectivity index (χ2n) is 6.90. The minimum atomic E-state index is -0.209. The Bertz CT molecular complexity index is 649. The minimum absolute atomic E-state index is 0.209. The number of benzene rings is 1. The number of aryl methyl sites for hydroxylation is 1. The van der Waals surface area contributed by atoms with Crippen molar-refractivity contribution in [2.45, 2.75) is 45.4 Å². The molecule has 24 heavy (non-hydrogen) atoms. The molecular formula is C22H26FN. The van der Waals surface area contributed by atoms with E-state index < -0.39 is 0 Å². The van der Waals surface area contributed by atoms with E-state index in [1.54, 1.807) is 12.1 Å². The van der Waals surface area contributed by atoms with Crippen LogP contribution in [0.3, 0.4) is 0 Å². The van der Waals surface area contributed by atoms with Gasteiger partial charge in [-0.2, -0.15) is 0 Å². The zero-order valence-electron chi connectivity index (χ0n) is 14.4. The summed E-state index contributed by atoms with van der Waals surface area (Å²) in [6, 6.07) is 10.7. The van der Waals surface area contributed by atoms with E-state index in [0.717, 1.165) is 29.5 Å². The highest BCUT2D eigenvalue weighted by atomic mass is 19.1. The van der Waals surface area contributed by atoms with Gasteiger partial charge >= 0.3 is 0 Å². The Morgan fingerprint density at radius 3 is 2.42 bits per heavy atom. The summed E-state index contributed by atoms with van der Waals surface area (Å²) in [6.45, 7) is 2.12. The van der Waals surface area contributed by atoms with Crippen LogP contribution in [0.4, 0.5) is 4.39 Å². The third-order valence-corrected chi connectivity index (χ3v) is 5.16. The van der Waals surface area contributed by atoms with Crippen molar-refractivity contribution in [3.63, 3.8) is 0 Å². The van der Waals surface area contributed by atoms with Gasteiger partial charge in [0.05, 0.1) is 5.69 Å². The lowest BCUT2D eigenvalue weighted by Crippen LogP contribution is -2.13. The molecule has 0 radical (unpaired) electrons. The molecule has 1 heterocycles. The molecule has 1 fully saturated rings. The second kappa shape index (κ2) is 8.23. The monoisotopic (exact) mass is 323 g/mol. The Balaban J connectivity index is 1.51. The topological polar surface area (TPSA) is 12.9 Å². The second-order valence-corrected chi connectivity index (χ2v) is 6.90. The predicted octanol–water partition coefficient (Wildman–Crippen LogP) is 6.20. The zero-order chi connectivity index (χ0) is 16.8. The summed E-state index contributed by atoms with van der Waals surface area (Å²) in [4.78, 5) is 4.55. The highest BCUT2D eigenvalue weighted by Crippen LogP contribution is 2.32. The number of hydrogen-bond acceptors (Lipinski definition) is 1. The van der Waals surface area contributed by atoms with Crippen molar-refractivity contribution in [1.82, 2.24) is 4.98 Å². The molecule has 1 aromatic heterocycles. The maximum atomic E-state index is 13.0. The number of halogens is 1. The summed E-state index contributed by atoms with van der Waals surface area (Å²) < 4.78 is 13.0. The fraction of sp³-hybridized carbons (Fsp3) is 0.409. The van der Waals surface area contributed by atoms with E-state index in [-0.39, 0.29) is 5.82 Å². The van der Waals surface area contributed by atoms with Crippen molar-refractivity contribution in [3.8, 4) is 11.3 Å². The van der Waals surface area contributed by atoms with E-state index in [2.05, 4.69) is 30.1 Å². The predicted molar refractivity (Wildman–Crippen MR) is 98.2 cm³/mol. The molecule has 0 amide bonds. The Morgan fingerprint density at radius 2 is 1.79 bits per heavy atom. The Kier molecular flexibility index (Phi) is 5.79. The first-order valence-corrected chi connectivity index (χ1v) is 9.08. The Labute approximate surface area is 144 Å². The molecule has 0 spiro atoms. The minimum Gasteiger partial charge on any atom is -0.256 e. The Hall–Kier alpha value is -1.96. The van der Waals surface area contributed by atoms with Crippen LogP contribution < -0.4 is 0 Å². The van der Waals surface area contributed by atoms with Gasteiger partial charge in [-0.25, -0.2) is 4.39 Å². The number of hydrogen-bond donors (Lipinski definition) is 0. The third kappa shape index (κ3) is 4.53. The van der Waals surface area contributed by atoms with Crippen LogP contribution in [0.15, 0.2) is 54.7 Å². The number of pyridine rings is 1. The van der Waals surface area contributed by atoms with Crippen LogP contribution in [0.2, 0.25) is 0 Å². The van der Waals surface area contributed by atoms with Crippen LogP contribution >= 0.6 is 0 Å². The van der Waals surface area contributed by atoms with Crippen molar-refractivity contribution in [1.29, 1.82) is 0 Å². The molecule has 3 rings (SSSR count). The number of aromatic nitrogens is 1. The van der Waals surface area contributed by atoms with Crippen molar-refractivity contribution < 1.29 is 4.39 Å². The third-order valence-electron chi connectivity index (χ3n) is 5.16. The molecule has 1 nitrogen and oxygen atoms in total. The molecule has 1 aliphatic carbocycles. The van der Waals surface area contributed by atoms with Crippen LogP contribution in [0.5, 0.6) is 0 Å². The molecular weight excluding hydrogens is 297 g/mol. The molecule has 1 aromatic carbocycles. The zero-order valence-corrected chi connectivity index (χ0v) is 14.4. The summed E-state index contributed by atoms with van der Waals surface area (Å²) in [5.74, 6) is 1.46. The van der Waals surface area contributed by atoms with Gasteiger partial charge in [0.15, 0.2) is 0 Å². The average Bonchev–Trinajstić information content (AvgIpc) is 2.63. The highest BCUT2D eigenvalue weighted by Gasteiger charge is 2.19. The summed E-state index contributed by atoms with van der Waals surface area (Å²) in [6.07, 6.45) is 14.3. The summed E-state index contributed by atoms with van der Waals surface area (Å²) in [5.41, 5.74) is 3.17. The maximum Gasteiger partial charge on any atom is 0.123 e. The standard InChI is InChI=1S/C22H26FN/c1-2-3-17-4-6-18(7-5-17)8-9-19-10-15-22(24-16-19)20-11-13-21(23)14-12-20/h2-3,10-18H,4-9H2,1H3/t17-,18-. The highest BCUT2D eigenvalue weighted by molar-refractivity contribution is 5.58. The van der Waals surface area contributed by atoms with Gasteiger partial charge in [0.25, 0.3) is 0 Å². The van der Waals surface area contributed by atoms with Crippen LogP contribution in [-0.4, -0.2) is 4.98 Å². The lowest BCUT2D eigenvalue weighted by atomic mass is 9.79. The van der Waals surface area contributed by atoms with E-state index in [4.69, 9.17) is 0 Å². The van der Waals surface area contributed by atoms with Gasteiger partial charge in [-0.3, -0.25) is 4.98 Å². The van der Waals surface area contributed by atoms with Gasteiger partial charge in [-0.05, 0) is 93.2 Å². The van der Waals surface area contributed by atoms with Crippen LogP contribution in [-0.2, 0) is 6.42 Å². The molecule has 1 saturated carbocycles. The molecule has 126 valence electrons. The normalized spacial score (nSPS) is 21.2. The van der Waals surface area contributed by atoms with Crippen LogP contribution in [0, 0.1) is 17.7 Å². The first-order chi connectivity index (χ1) is 11.7. The molecule has 1 aliphatic rings. The molecule has 0 bridgehead atoms. The molecule has 0 aliphatic heterocycles. The quantitative estimate of drug-likeness (QED) is 0.597. The van der Waals surface area contributed by atoms with E-state index in [1.165, 1.54) is 49.8 Å². The van der Waals surface area contributed by atoms with Gasteiger partial charge in [0.2, 0.25) is 0 Å². The summed E-state index contributed by atoms with van der Waals surface area (Å²) in [7, 11) is 0. The molecule has 0 N–H and O–H groups in total. The van der Waals surface area contributed by atoms with Crippen LogP contribution in [0.25, 0.3) is 11.3 Å². The summed E-state index contributed by atoms with van der Waals surface area (Å²) >= 11 is 0. The Morgan fingerprint density at radius 1 is 1.04 bits per heavy atom. The van der Waals surface area contributed by atoms with E-state index in [9.17, 15) is 4.39 Å². The maximum absolute atomic E-state index is 13.0. The van der Waals surface area contributed by atoms with Gasteiger partial charge < -0.3 is 0 Å². The molecule has 0 atom stereocenters. The first kappa shape index (κ1) is 16.9. The molecule has 2 heteroatoms. The lowest BCUT2D eigenvalue weighted by molar-refractivity contribution is 0.296. The first-order valence-electron chi connectivity index (χ1n) is 9.08. The lowest BCUT2D eigenvalue weighted by Gasteiger charge is -2.26. The van der Waals surface area contributed by atoms with Crippen molar-refractivity contribution in [2.24, 2.45) is 11.8 Å². The summed E-state index contributed by atoms with van der Waals surface area (Å²) in [5, 5.41) is 0. The van der Waals surface area contributed by atoms with Gasteiger partial charge in [-0.1, -0.05) is 18.2 Å². The smallest absolute Gasteiger partial charge is 0.123 e. The molecule has 0 saturated heterocycles. The van der Waals surface area contributed by atoms with Gasteiger partial charge in [0.1, 0.15) is 5.82 Å². The van der Waals surface area contributed by atoms with Crippen molar-refractivity contribution >= 4 is 0 Å². The fourth-order valence-electron chi connectivity index (χ4n) is 3.68. The number of rotatable bonds is 5. The van der Waals surface area contributed by atoms with Gasteiger partial charge in [0, 0.05) is 11.8 Å². The van der Waals surface area contributed by atoms with Crippen molar-refractivity contribution in [2.75, 3.05) is 0 Å². The van der Waals surface area contributed by atoms with E-state index in [1.807, 2.05) is 12.3 Å². The average molecular weight is 323 g/mol. The van der Waals surface area contributed by atoms with E-state index in [0.29, 0.717) is 0 Å². The van der Waals surface area contributed by atoms with Gasteiger partial charge in [-0.15, -0.1) is 0 Å².